The number of benzene rings is 6. The van der Waals surface area contributed by atoms with E-state index in [1.54, 1.807) is 12.1 Å². The van der Waals surface area contributed by atoms with Crippen LogP contribution in [0.5, 0.6) is 5.75 Å². The monoisotopic (exact) mass is 732 g/mol. The molecule has 2 amide bonds. The Morgan fingerprint density at radius 2 is 1.07 bits per heavy atom. The summed E-state index contributed by atoms with van der Waals surface area (Å²) in [6.07, 6.45) is -0.721. The fraction of sp³-hybridized carbons (Fsp3) is 0.152. The first-order chi connectivity index (χ1) is 26.5. The van der Waals surface area contributed by atoms with Crippen molar-refractivity contribution in [2.45, 2.75) is 16.7 Å². The Labute approximate surface area is 319 Å². The molecular weight excluding hydrogens is 693 g/mol. The Hall–Kier alpha value is -6.12. The lowest BCUT2D eigenvalue weighted by Gasteiger charge is -2.36. The van der Waals surface area contributed by atoms with Crippen LogP contribution in [0.4, 0.5) is 4.79 Å². The number of ether oxygens (including phenoxy) is 2. The van der Waals surface area contributed by atoms with Crippen molar-refractivity contribution in [3.63, 3.8) is 0 Å². The Balaban J connectivity index is 1.13. The summed E-state index contributed by atoms with van der Waals surface area (Å²) in [4.78, 5) is 40.5. The molecule has 7 rings (SSSR count). The van der Waals surface area contributed by atoms with Gasteiger partial charge in [0.2, 0.25) is 5.91 Å². The van der Waals surface area contributed by atoms with Crippen LogP contribution in [0.1, 0.15) is 33.7 Å². The largest absolute Gasteiger partial charge is 0.486 e. The molecule has 0 aromatic heterocycles. The molecule has 1 aliphatic carbocycles. The maximum Gasteiger partial charge on any atom is 0.407 e. The van der Waals surface area contributed by atoms with Crippen molar-refractivity contribution in [1.29, 1.82) is 0 Å². The van der Waals surface area contributed by atoms with Crippen LogP contribution in [0.3, 0.4) is 0 Å². The molecule has 7 nitrogen and oxygen atoms in total. The SMILES string of the molecule is O=C(CNC(=O)[C@H](CSC(c1ccccc1)(c1ccccc1)c1ccccc1)NC(=O)OCC1c2ccccc2-c2ccccc21)COc1ccccc1. The number of ketones is 1. The molecule has 6 aromatic carbocycles. The van der Waals surface area contributed by atoms with Gasteiger partial charge in [-0.3, -0.25) is 9.59 Å². The number of rotatable bonds is 15. The van der Waals surface area contributed by atoms with Gasteiger partial charge in [0.05, 0.1) is 11.3 Å². The van der Waals surface area contributed by atoms with E-state index < -0.39 is 22.8 Å². The fourth-order valence-corrected chi connectivity index (χ4v) is 8.54. The van der Waals surface area contributed by atoms with Gasteiger partial charge in [-0.1, -0.05) is 158 Å². The van der Waals surface area contributed by atoms with Gasteiger partial charge in [-0.15, -0.1) is 11.8 Å². The van der Waals surface area contributed by atoms with Crippen LogP contribution in [0.2, 0.25) is 0 Å². The molecule has 0 radical (unpaired) electrons. The summed E-state index contributed by atoms with van der Waals surface area (Å²) in [6.45, 7) is -0.373. The molecule has 0 heterocycles. The first-order valence-corrected chi connectivity index (χ1v) is 18.9. The molecule has 0 spiro atoms. The van der Waals surface area contributed by atoms with Crippen LogP contribution in [0.15, 0.2) is 170 Å². The molecule has 0 saturated carbocycles. The van der Waals surface area contributed by atoms with Crippen molar-refractivity contribution in [2.24, 2.45) is 0 Å². The highest BCUT2D eigenvalue weighted by Gasteiger charge is 2.39. The first-order valence-electron chi connectivity index (χ1n) is 17.9. The topological polar surface area (TPSA) is 93.7 Å². The lowest BCUT2D eigenvalue weighted by Crippen LogP contribution is -2.50. The zero-order chi connectivity index (χ0) is 37.2. The minimum Gasteiger partial charge on any atom is -0.486 e. The molecule has 0 bridgehead atoms. The maximum absolute atomic E-state index is 14.0. The van der Waals surface area contributed by atoms with Crippen molar-refractivity contribution < 1.29 is 23.9 Å². The third-order valence-corrected chi connectivity index (χ3v) is 11.2. The summed E-state index contributed by atoms with van der Waals surface area (Å²) in [5.41, 5.74) is 7.46. The van der Waals surface area contributed by atoms with Gasteiger partial charge >= 0.3 is 6.09 Å². The first kappa shape index (κ1) is 36.2. The normalized spacial score (nSPS) is 12.5. The summed E-state index contributed by atoms with van der Waals surface area (Å²) in [6, 6.07) is 54.6. The van der Waals surface area contributed by atoms with E-state index in [-0.39, 0.29) is 37.2 Å². The second-order valence-electron chi connectivity index (χ2n) is 13.0. The number of fused-ring (bicyclic) bond motifs is 3. The number of hydrogen-bond acceptors (Lipinski definition) is 6. The van der Waals surface area contributed by atoms with Crippen molar-refractivity contribution in [1.82, 2.24) is 10.6 Å². The van der Waals surface area contributed by atoms with Gasteiger partial charge < -0.3 is 20.1 Å². The van der Waals surface area contributed by atoms with Gasteiger partial charge in [-0.2, -0.15) is 0 Å². The Morgan fingerprint density at radius 1 is 0.611 bits per heavy atom. The molecule has 270 valence electrons. The van der Waals surface area contributed by atoms with E-state index >= 15 is 0 Å². The van der Waals surface area contributed by atoms with Crippen molar-refractivity contribution in [2.75, 3.05) is 25.5 Å². The number of alkyl carbamates (subject to hydrolysis) is 1. The van der Waals surface area contributed by atoms with E-state index in [4.69, 9.17) is 9.47 Å². The number of carbonyl (C=O) groups excluding carboxylic acids is 3. The molecule has 1 aliphatic rings. The van der Waals surface area contributed by atoms with Crippen LogP contribution in [-0.4, -0.2) is 49.3 Å². The third kappa shape index (κ3) is 8.09. The molecule has 1 atom stereocenters. The van der Waals surface area contributed by atoms with Crippen molar-refractivity contribution in [3.8, 4) is 16.9 Å². The summed E-state index contributed by atoms with van der Waals surface area (Å²) in [5.74, 6) is -0.251. The van der Waals surface area contributed by atoms with Gasteiger partial charge in [-0.25, -0.2) is 4.79 Å². The minimum atomic E-state index is -1.05. The van der Waals surface area contributed by atoms with E-state index in [9.17, 15) is 14.4 Å². The third-order valence-electron chi connectivity index (χ3n) is 9.56. The zero-order valence-electron chi connectivity index (χ0n) is 29.6. The number of hydrogen-bond donors (Lipinski definition) is 2. The molecule has 6 aromatic rings. The van der Waals surface area contributed by atoms with E-state index in [2.05, 4.69) is 71.3 Å². The summed E-state index contributed by atoms with van der Waals surface area (Å²) in [5, 5.41) is 5.61. The highest BCUT2D eigenvalue weighted by Crippen LogP contribution is 2.49. The van der Waals surface area contributed by atoms with Crippen LogP contribution >= 0.6 is 11.8 Å². The molecule has 8 heteroatoms. The zero-order valence-corrected chi connectivity index (χ0v) is 30.4. The molecule has 54 heavy (non-hydrogen) atoms. The van der Waals surface area contributed by atoms with Gasteiger partial charge in [0.25, 0.3) is 0 Å². The van der Waals surface area contributed by atoms with Crippen LogP contribution in [0, 0.1) is 0 Å². The smallest absolute Gasteiger partial charge is 0.407 e. The Morgan fingerprint density at radius 3 is 1.59 bits per heavy atom. The number of para-hydroxylation sites is 1. The van der Waals surface area contributed by atoms with Crippen LogP contribution < -0.4 is 15.4 Å². The lowest BCUT2D eigenvalue weighted by molar-refractivity contribution is -0.126. The molecule has 0 saturated heterocycles. The minimum absolute atomic E-state index is 0.0959. The molecule has 2 N–H and O–H groups in total. The average Bonchev–Trinajstić information content (AvgIpc) is 3.56. The highest BCUT2D eigenvalue weighted by molar-refractivity contribution is 8.00. The summed E-state index contributed by atoms with van der Waals surface area (Å²) >= 11 is 1.53. The lowest BCUT2D eigenvalue weighted by atomic mass is 9.84. The second-order valence-corrected chi connectivity index (χ2v) is 14.2. The number of nitrogens with one attached hydrogen (secondary N) is 2. The van der Waals surface area contributed by atoms with Gasteiger partial charge in [0.1, 0.15) is 25.0 Å². The quantitative estimate of drug-likeness (QED) is 0.103. The number of amides is 2. The Bertz CT molecular complexity index is 2040. The maximum atomic E-state index is 14.0. The van der Waals surface area contributed by atoms with E-state index in [0.717, 1.165) is 38.9 Å². The van der Waals surface area contributed by atoms with Gasteiger partial charge in [0, 0.05) is 11.7 Å². The fourth-order valence-electron chi connectivity index (χ4n) is 6.98. The standard InChI is InChI=1S/C46H40N2O5S/c49-36(30-52-37-23-11-4-12-24-37)29-47-44(50)43(48-45(51)53-31-42-40-27-15-13-25-38(40)39-26-14-16-28-41(39)42)32-54-46(33-17-5-1-6-18-33,34-19-7-2-8-20-34)35-21-9-3-10-22-35/h1-28,42-43H,29-32H2,(H,47,50)(H,48,51)/t43-/m0/s1. The van der Waals surface area contributed by atoms with Gasteiger partial charge in [0.15, 0.2) is 5.78 Å². The van der Waals surface area contributed by atoms with Crippen LogP contribution in [-0.2, 0) is 19.1 Å². The van der Waals surface area contributed by atoms with Crippen LogP contribution in [0.25, 0.3) is 11.1 Å². The predicted octanol–water partition coefficient (Wildman–Crippen LogP) is 8.38. The van der Waals surface area contributed by atoms with Gasteiger partial charge in [-0.05, 0) is 51.1 Å². The molecule has 0 fully saturated rings. The van der Waals surface area contributed by atoms with E-state index in [1.165, 1.54) is 11.8 Å². The molecule has 0 aliphatic heterocycles. The van der Waals surface area contributed by atoms with E-state index in [0.29, 0.717) is 5.75 Å². The van der Waals surface area contributed by atoms with Crippen molar-refractivity contribution in [3.05, 3.63) is 198 Å². The molecular formula is C46H40N2O5S. The molecule has 0 unspecified atom stereocenters. The highest BCUT2D eigenvalue weighted by atomic mass is 32.2. The number of thioether (sulfide) groups is 1. The summed E-state index contributed by atoms with van der Waals surface area (Å²) in [7, 11) is 0. The number of Topliss-reactive ketones (excluding diaryl/α,β-unsaturated/α-hetero) is 1. The van der Waals surface area contributed by atoms with E-state index in [1.807, 2.05) is 97.1 Å². The van der Waals surface area contributed by atoms with Crippen molar-refractivity contribution >= 4 is 29.5 Å². The second kappa shape index (κ2) is 17.1. The average molecular weight is 733 g/mol. The number of carbonyl (C=O) groups is 3. The summed E-state index contributed by atoms with van der Waals surface area (Å²) < 4.78 is 10.7. The predicted molar refractivity (Wildman–Crippen MR) is 214 cm³/mol. The Kier molecular flexibility index (Phi) is 11.5.